The Kier molecular flexibility index (Phi) is 8.05. The molecule has 3 aromatic carbocycles. The average Bonchev–Trinajstić information content (AvgIpc) is 2.89. The monoisotopic (exact) mass is 470 g/mol. The predicted octanol–water partition coefficient (Wildman–Crippen LogP) is 5.81. The predicted molar refractivity (Wildman–Crippen MR) is 135 cm³/mol. The lowest BCUT2D eigenvalue weighted by atomic mass is 10.1. The highest BCUT2D eigenvalue weighted by atomic mass is 16.7. The van der Waals surface area contributed by atoms with Crippen LogP contribution < -0.4 is 19.6 Å². The summed E-state index contributed by atoms with van der Waals surface area (Å²) in [6.07, 6.45) is 6.73. The van der Waals surface area contributed by atoms with Gasteiger partial charge >= 0.3 is 0 Å². The van der Waals surface area contributed by atoms with Crippen molar-refractivity contribution in [3.05, 3.63) is 88.6 Å². The second kappa shape index (κ2) is 11.8. The van der Waals surface area contributed by atoms with E-state index in [-0.39, 0.29) is 12.2 Å². The van der Waals surface area contributed by atoms with E-state index in [1.54, 1.807) is 12.1 Å². The van der Waals surface area contributed by atoms with E-state index in [9.17, 15) is 4.79 Å². The van der Waals surface area contributed by atoms with Gasteiger partial charge in [0.15, 0.2) is 12.2 Å². The molecule has 1 heterocycles. The molecule has 0 atom stereocenters. The summed E-state index contributed by atoms with van der Waals surface area (Å²) in [6, 6.07) is 21.9. The topological polar surface area (TPSA) is 67.1 Å². The van der Waals surface area contributed by atoms with Crippen LogP contribution >= 0.6 is 0 Å². The first kappa shape index (κ1) is 23.9. The molecule has 0 unspecified atom stereocenters. The van der Waals surface area contributed by atoms with E-state index in [1.807, 2.05) is 54.6 Å². The average molecular weight is 471 g/mol. The van der Waals surface area contributed by atoms with Crippen LogP contribution in [-0.2, 0) is 11.3 Å². The zero-order chi connectivity index (χ0) is 24.5. The fourth-order valence-electron chi connectivity index (χ4n) is 3.51. The molecule has 1 aromatic heterocycles. The molecule has 0 spiro atoms. The maximum Gasteiger partial charge on any atom is 0.197 e. The number of fused-ring (bicyclic) bond motifs is 1. The number of rotatable bonds is 11. The molecule has 0 radical (unpaired) electrons. The fourth-order valence-corrected chi connectivity index (χ4v) is 3.51. The van der Waals surface area contributed by atoms with Crippen molar-refractivity contribution in [1.29, 1.82) is 0 Å². The molecule has 178 valence electrons. The van der Waals surface area contributed by atoms with Crippen molar-refractivity contribution in [3.63, 3.8) is 0 Å². The lowest BCUT2D eigenvalue weighted by molar-refractivity contribution is 0.0510. The van der Waals surface area contributed by atoms with Gasteiger partial charge in [-0.1, -0.05) is 30.3 Å². The van der Waals surface area contributed by atoms with Crippen LogP contribution in [0.25, 0.3) is 22.3 Å². The van der Waals surface area contributed by atoms with Crippen LogP contribution in [-0.4, -0.2) is 20.5 Å². The standard InChI is InChI=1S/C29H26O6/c1-3-4-8-15-32-23-13-11-22(12-14-23)26-18-25(30)29-27(33-19-21-9-6-5-7-10-21)16-24(34-20-31-2)17-28(29)35-26/h1,5-7,9-14,16-18H,4,8,15,19-20H2,2H3. The summed E-state index contributed by atoms with van der Waals surface area (Å²) in [5, 5.41) is 0.350. The smallest absolute Gasteiger partial charge is 0.197 e. The van der Waals surface area contributed by atoms with Crippen LogP contribution in [0.1, 0.15) is 18.4 Å². The Labute approximate surface area is 204 Å². The fraction of sp³-hybridized carbons (Fsp3) is 0.207. The normalized spacial score (nSPS) is 10.6. The minimum absolute atomic E-state index is 0.0519. The summed E-state index contributed by atoms with van der Waals surface area (Å²) in [4.78, 5) is 13.2. The van der Waals surface area contributed by atoms with E-state index < -0.39 is 0 Å². The summed E-state index contributed by atoms with van der Waals surface area (Å²) < 4.78 is 28.5. The van der Waals surface area contributed by atoms with Crippen molar-refractivity contribution in [3.8, 4) is 40.9 Å². The van der Waals surface area contributed by atoms with Gasteiger partial charge in [0, 0.05) is 37.3 Å². The first-order valence-corrected chi connectivity index (χ1v) is 11.2. The molecular weight excluding hydrogens is 444 g/mol. The SMILES string of the molecule is C#CCCCOc1ccc(-c2cc(=O)c3c(OCc4ccccc4)cc(OCOC)cc3o2)cc1. The van der Waals surface area contributed by atoms with Gasteiger partial charge in [0.25, 0.3) is 0 Å². The maximum atomic E-state index is 13.2. The van der Waals surface area contributed by atoms with Crippen LogP contribution in [0.2, 0.25) is 0 Å². The molecule has 0 aliphatic rings. The zero-order valence-corrected chi connectivity index (χ0v) is 19.5. The molecule has 35 heavy (non-hydrogen) atoms. The highest BCUT2D eigenvalue weighted by molar-refractivity contribution is 5.86. The second-order valence-electron chi connectivity index (χ2n) is 7.78. The van der Waals surface area contributed by atoms with Crippen LogP contribution in [0.3, 0.4) is 0 Å². The van der Waals surface area contributed by atoms with Crippen LogP contribution in [0.15, 0.2) is 82.0 Å². The summed E-state index contributed by atoms with van der Waals surface area (Å²) in [6.45, 7) is 0.897. The van der Waals surface area contributed by atoms with Gasteiger partial charge in [-0.3, -0.25) is 4.79 Å². The zero-order valence-electron chi connectivity index (χ0n) is 19.5. The highest BCUT2D eigenvalue weighted by Gasteiger charge is 2.15. The molecule has 0 saturated carbocycles. The van der Waals surface area contributed by atoms with Crippen LogP contribution in [0, 0.1) is 12.3 Å². The Morgan fingerprint density at radius 3 is 2.46 bits per heavy atom. The molecule has 4 rings (SSSR count). The Balaban J connectivity index is 1.64. The maximum absolute atomic E-state index is 13.2. The third-order valence-electron chi connectivity index (χ3n) is 5.22. The van der Waals surface area contributed by atoms with E-state index >= 15 is 0 Å². The number of unbranched alkanes of at least 4 members (excludes halogenated alkanes) is 1. The Hall–Kier alpha value is -4.21. The Morgan fingerprint density at radius 2 is 1.71 bits per heavy atom. The summed E-state index contributed by atoms with van der Waals surface area (Å²) in [7, 11) is 1.54. The minimum Gasteiger partial charge on any atom is -0.494 e. The summed E-state index contributed by atoms with van der Waals surface area (Å²) in [5.41, 5.74) is 1.87. The number of hydrogen-bond donors (Lipinski definition) is 0. The van der Waals surface area contributed by atoms with Crippen molar-refractivity contribution < 1.29 is 23.4 Å². The van der Waals surface area contributed by atoms with Gasteiger partial charge in [-0.15, -0.1) is 12.3 Å². The molecule has 6 heteroatoms. The molecule has 0 aliphatic carbocycles. The number of benzene rings is 3. The molecule has 0 aliphatic heterocycles. The van der Waals surface area contributed by atoms with Crippen LogP contribution in [0.4, 0.5) is 0 Å². The molecule has 4 aromatic rings. The number of methoxy groups -OCH3 is 1. The van der Waals surface area contributed by atoms with Crippen molar-refractivity contribution in [1.82, 2.24) is 0 Å². The number of hydrogen-bond acceptors (Lipinski definition) is 6. The molecule has 0 bridgehead atoms. The molecule has 0 amide bonds. The largest absolute Gasteiger partial charge is 0.494 e. The molecular formula is C29H26O6. The lowest BCUT2D eigenvalue weighted by Crippen LogP contribution is -2.06. The van der Waals surface area contributed by atoms with Gasteiger partial charge in [-0.2, -0.15) is 0 Å². The number of terminal acetylenes is 1. The third kappa shape index (κ3) is 6.23. The Morgan fingerprint density at radius 1 is 0.914 bits per heavy atom. The summed E-state index contributed by atoms with van der Waals surface area (Å²) in [5.74, 6) is 4.60. The van der Waals surface area contributed by atoms with Crippen molar-refractivity contribution in [2.45, 2.75) is 19.4 Å². The number of ether oxygens (including phenoxy) is 4. The van der Waals surface area contributed by atoms with Crippen molar-refractivity contribution in [2.75, 3.05) is 20.5 Å². The third-order valence-corrected chi connectivity index (χ3v) is 5.22. The minimum atomic E-state index is -0.211. The van der Waals surface area contributed by atoms with Gasteiger partial charge in [-0.25, -0.2) is 0 Å². The first-order chi connectivity index (χ1) is 17.2. The second-order valence-corrected chi connectivity index (χ2v) is 7.78. The molecule has 0 saturated heterocycles. The van der Waals surface area contributed by atoms with Gasteiger partial charge in [0.2, 0.25) is 0 Å². The molecule has 0 fully saturated rings. The van der Waals surface area contributed by atoms with E-state index in [2.05, 4.69) is 5.92 Å². The van der Waals surface area contributed by atoms with Gasteiger partial charge in [0.1, 0.15) is 40.6 Å². The van der Waals surface area contributed by atoms with Crippen molar-refractivity contribution in [2.24, 2.45) is 0 Å². The van der Waals surface area contributed by atoms with Gasteiger partial charge in [-0.05, 0) is 36.2 Å². The van der Waals surface area contributed by atoms with E-state index in [1.165, 1.54) is 13.2 Å². The first-order valence-electron chi connectivity index (χ1n) is 11.2. The van der Waals surface area contributed by atoms with E-state index in [0.717, 1.165) is 23.3 Å². The van der Waals surface area contributed by atoms with E-state index in [4.69, 9.17) is 29.8 Å². The Bertz CT molecular complexity index is 1350. The molecule has 0 N–H and O–H groups in total. The highest BCUT2D eigenvalue weighted by Crippen LogP contribution is 2.33. The summed E-state index contributed by atoms with van der Waals surface area (Å²) >= 11 is 0. The van der Waals surface area contributed by atoms with Crippen molar-refractivity contribution >= 4 is 11.0 Å². The quantitative estimate of drug-likeness (QED) is 0.156. The lowest BCUT2D eigenvalue weighted by Gasteiger charge is -2.13. The van der Waals surface area contributed by atoms with Crippen LogP contribution in [0.5, 0.6) is 17.2 Å². The van der Waals surface area contributed by atoms with Gasteiger partial charge in [0.05, 0.1) is 6.61 Å². The molecule has 6 nitrogen and oxygen atoms in total. The van der Waals surface area contributed by atoms with E-state index in [0.29, 0.717) is 47.9 Å². The van der Waals surface area contributed by atoms with Gasteiger partial charge < -0.3 is 23.4 Å².